The second-order valence-electron chi connectivity index (χ2n) is 7.99. The average molecular weight is 411 g/mol. The Labute approximate surface area is 173 Å². The van der Waals surface area contributed by atoms with E-state index in [0.717, 1.165) is 22.2 Å². The van der Waals surface area contributed by atoms with Crippen LogP contribution in [0.5, 0.6) is 0 Å². The van der Waals surface area contributed by atoms with Crippen LogP contribution in [0, 0.1) is 0 Å². The Morgan fingerprint density at radius 1 is 1.03 bits per heavy atom. The number of carbonyl (C=O) groups is 1. The molecule has 154 valence electrons. The molecule has 0 saturated carbocycles. The zero-order chi connectivity index (χ0) is 20.9. The number of H-pyrrole nitrogens is 1. The molecular weight excluding hydrogens is 380 g/mol. The van der Waals surface area contributed by atoms with Gasteiger partial charge in [-0.15, -0.1) is 0 Å². The number of amides is 1. The van der Waals surface area contributed by atoms with E-state index in [4.69, 9.17) is 0 Å². The van der Waals surface area contributed by atoms with Crippen LogP contribution in [0.3, 0.4) is 0 Å². The highest BCUT2D eigenvalue weighted by atomic mass is 28.4. The summed E-state index contributed by atoms with van der Waals surface area (Å²) >= 11 is 0. The summed E-state index contributed by atoms with van der Waals surface area (Å²) in [7, 11) is -3.12. The first-order valence-electron chi connectivity index (χ1n) is 10.2. The summed E-state index contributed by atoms with van der Waals surface area (Å²) < 4.78 is 0. The van der Waals surface area contributed by atoms with Crippen LogP contribution < -0.4 is 5.32 Å². The molecular formula is C23H30N2O3Si. The minimum Gasteiger partial charge on any atom is -0.410 e. The van der Waals surface area contributed by atoms with Gasteiger partial charge in [-0.25, -0.2) is 0 Å². The number of para-hydroxylation sites is 1. The van der Waals surface area contributed by atoms with Gasteiger partial charge in [0, 0.05) is 30.1 Å². The van der Waals surface area contributed by atoms with Crippen molar-refractivity contribution in [2.75, 3.05) is 0 Å². The van der Waals surface area contributed by atoms with Gasteiger partial charge in [0.05, 0.1) is 0 Å². The molecule has 6 heteroatoms. The lowest BCUT2D eigenvalue weighted by Gasteiger charge is -2.21. The molecule has 0 fully saturated rings. The van der Waals surface area contributed by atoms with Crippen molar-refractivity contribution in [3.05, 3.63) is 71.4 Å². The number of carbonyl (C=O) groups excluding carboxylic acids is 1. The van der Waals surface area contributed by atoms with E-state index in [-0.39, 0.29) is 11.4 Å². The largest absolute Gasteiger partial charge is 0.410 e. The van der Waals surface area contributed by atoms with E-state index in [9.17, 15) is 14.4 Å². The monoisotopic (exact) mass is 410 g/mol. The zero-order valence-corrected chi connectivity index (χ0v) is 18.1. The first-order chi connectivity index (χ1) is 13.8. The number of benzene rings is 2. The highest BCUT2D eigenvalue weighted by Crippen LogP contribution is 2.21. The number of hydrogen-bond donors (Lipinski definition) is 4. The molecule has 3 rings (SSSR count). The van der Waals surface area contributed by atoms with Crippen molar-refractivity contribution in [3.8, 4) is 0 Å². The van der Waals surface area contributed by atoms with Crippen molar-refractivity contribution >= 4 is 25.4 Å². The molecule has 0 aliphatic heterocycles. The molecule has 5 nitrogen and oxygen atoms in total. The van der Waals surface area contributed by atoms with Crippen LogP contribution in [-0.4, -0.2) is 29.0 Å². The fourth-order valence-electron chi connectivity index (χ4n) is 3.32. The third kappa shape index (κ3) is 5.79. The zero-order valence-electron chi connectivity index (χ0n) is 17.1. The predicted molar refractivity (Wildman–Crippen MR) is 119 cm³/mol. The van der Waals surface area contributed by atoms with Crippen LogP contribution in [0.2, 0.25) is 11.6 Å². The summed E-state index contributed by atoms with van der Waals surface area (Å²) in [5.41, 5.74) is 4.31. The molecule has 1 aromatic heterocycles. The van der Waals surface area contributed by atoms with E-state index in [2.05, 4.69) is 16.4 Å². The summed E-state index contributed by atoms with van der Waals surface area (Å²) in [5, 5.41) is 4.15. The topological polar surface area (TPSA) is 85.3 Å². The molecule has 0 aliphatic rings. The summed E-state index contributed by atoms with van der Waals surface area (Å²) in [6, 6.07) is 16.5. The summed E-state index contributed by atoms with van der Waals surface area (Å²) in [4.78, 5) is 35.6. The maximum absolute atomic E-state index is 12.2. The molecule has 0 bridgehead atoms. The molecule has 0 saturated heterocycles. The van der Waals surface area contributed by atoms with Crippen molar-refractivity contribution < 1.29 is 14.4 Å². The Morgan fingerprint density at radius 3 is 2.45 bits per heavy atom. The second-order valence-corrected chi connectivity index (χ2v) is 11.4. The van der Waals surface area contributed by atoms with Gasteiger partial charge >= 0.3 is 8.56 Å². The molecule has 0 spiro atoms. The number of aromatic amines is 1. The first-order valence-corrected chi connectivity index (χ1v) is 12.4. The van der Waals surface area contributed by atoms with Gasteiger partial charge in [0.15, 0.2) is 0 Å². The van der Waals surface area contributed by atoms with Gasteiger partial charge in [-0.2, -0.15) is 0 Å². The number of aromatic nitrogens is 1. The van der Waals surface area contributed by atoms with Gasteiger partial charge in [0.1, 0.15) is 0 Å². The molecule has 3 aromatic rings. The highest BCUT2D eigenvalue weighted by molar-refractivity contribution is 6.66. The van der Waals surface area contributed by atoms with E-state index < -0.39 is 8.56 Å². The fourth-order valence-corrected chi connectivity index (χ4v) is 4.55. The average Bonchev–Trinajstić information content (AvgIpc) is 3.13. The maximum atomic E-state index is 12.2. The fraction of sp³-hybridized carbons (Fsp3) is 0.348. The summed E-state index contributed by atoms with van der Waals surface area (Å²) in [5.74, 6) is 0.0348. The lowest BCUT2D eigenvalue weighted by Crippen LogP contribution is -2.38. The number of aryl methyl sites for hydroxylation is 2. The van der Waals surface area contributed by atoms with Crippen molar-refractivity contribution in [1.82, 2.24) is 10.3 Å². The van der Waals surface area contributed by atoms with E-state index >= 15 is 0 Å². The van der Waals surface area contributed by atoms with Crippen LogP contribution in [0.4, 0.5) is 0 Å². The SMILES string of the molecule is CC(C)[Si](O)(O)CCc1ccc(CNC(=O)CCc2c[nH]c3ccccc23)cc1. The van der Waals surface area contributed by atoms with E-state index in [1.807, 2.05) is 62.5 Å². The summed E-state index contributed by atoms with van der Waals surface area (Å²) in [6.45, 7) is 4.21. The molecule has 1 heterocycles. The first kappa shape index (κ1) is 21.3. The number of rotatable bonds is 9. The smallest absolute Gasteiger partial charge is 0.335 e. The van der Waals surface area contributed by atoms with E-state index in [0.29, 0.717) is 31.9 Å². The number of fused-ring (bicyclic) bond motifs is 1. The second kappa shape index (κ2) is 9.39. The minimum absolute atomic E-state index is 0.0348. The number of nitrogens with one attached hydrogen (secondary N) is 2. The van der Waals surface area contributed by atoms with Crippen molar-refractivity contribution in [2.24, 2.45) is 0 Å². The predicted octanol–water partition coefficient (Wildman–Crippen LogP) is 3.80. The lowest BCUT2D eigenvalue weighted by atomic mass is 10.1. The minimum atomic E-state index is -3.12. The van der Waals surface area contributed by atoms with Gasteiger partial charge < -0.3 is 19.9 Å². The van der Waals surface area contributed by atoms with Crippen LogP contribution in [0.1, 0.15) is 37.0 Å². The molecule has 4 N–H and O–H groups in total. The Morgan fingerprint density at radius 2 is 1.72 bits per heavy atom. The van der Waals surface area contributed by atoms with Gasteiger partial charge in [-0.3, -0.25) is 4.79 Å². The third-order valence-electron chi connectivity index (χ3n) is 5.52. The van der Waals surface area contributed by atoms with Crippen molar-refractivity contribution in [1.29, 1.82) is 0 Å². The van der Waals surface area contributed by atoms with E-state index in [1.54, 1.807) is 0 Å². The molecule has 0 radical (unpaired) electrons. The van der Waals surface area contributed by atoms with Crippen molar-refractivity contribution in [3.63, 3.8) is 0 Å². The Bertz CT molecular complexity index is 948. The van der Waals surface area contributed by atoms with Gasteiger partial charge in [0.2, 0.25) is 5.91 Å². The Kier molecular flexibility index (Phi) is 6.90. The quantitative estimate of drug-likeness (QED) is 0.405. The Balaban J connectivity index is 1.44. The number of hydrogen-bond acceptors (Lipinski definition) is 3. The lowest BCUT2D eigenvalue weighted by molar-refractivity contribution is -0.121. The molecule has 0 aliphatic carbocycles. The van der Waals surface area contributed by atoms with Crippen LogP contribution in [0.25, 0.3) is 10.9 Å². The van der Waals surface area contributed by atoms with Gasteiger partial charge in [-0.05, 0) is 47.2 Å². The highest BCUT2D eigenvalue weighted by Gasteiger charge is 2.32. The standard InChI is InChI=1S/C23H30N2O3Si/c1-17(2)29(27,28)14-13-18-7-9-19(10-8-18)15-25-23(26)12-11-20-16-24-22-6-4-3-5-21(20)22/h3-10,16-17,24,27-28H,11-15H2,1-2H3,(H,25,26). The molecule has 1 amide bonds. The molecule has 0 atom stereocenters. The van der Waals surface area contributed by atoms with Gasteiger partial charge in [-0.1, -0.05) is 56.3 Å². The van der Waals surface area contributed by atoms with Crippen LogP contribution in [0.15, 0.2) is 54.7 Å². The Hall–Kier alpha value is -2.41. The molecule has 2 aromatic carbocycles. The van der Waals surface area contributed by atoms with Crippen molar-refractivity contribution in [2.45, 2.75) is 51.2 Å². The van der Waals surface area contributed by atoms with E-state index in [1.165, 1.54) is 5.39 Å². The van der Waals surface area contributed by atoms with Gasteiger partial charge in [0.25, 0.3) is 0 Å². The molecule has 29 heavy (non-hydrogen) atoms. The van der Waals surface area contributed by atoms with Crippen LogP contribution >= 0.6 is 0 Å². The molecule has 0 unspecified atom stereocenters. The normalized spacial score (nSPS) is 11.9. The summed E-state index contributed by atoms with van der Waals surface area (Å²) in [6.07, 6.45) is 3.80. The third-order valence-corrected chi connectivity index (χ3v) is 8.35. The van der Waals surface area contributed by atoms with Crippen LogP contribution in [-0.2, 0) is 24.2 Å². The maximum Gasteiger partial charge on any atom is 0.335 e.